The number of hydrogen-bond acceptors (Lipinski definition) is 2. The first kappa shape index (κ1) is 18.4. The second kappa shape index (κ2) is 8.11. The SMILES string of the molecule is CCCNC(CCC(F)(F)F)c1cc(Cl)c(OC)cc1Cl. The van der Waals surface area contributed by atoms with Gasteiger partial charge in [0.05, 0.1) is 12.1 Å². The van der Waals surface area contributed by atoms with Crippen LogP contribution in [0.2, 0.25) is 10.0 Å². The summed E-state index contributed by atoms with van der Waals surface area (Å²) in [5, 5.41) is 3.75. The molecule has 1 aromatic carbocycles. The fourth-order valence-corrected chi connectivity index (χ4v) is 2.50. The second-order valence-electron chi connectivity index (χ2n) is 4.67. The predicted molar refractivity (Wildman–Crippen MR) is 79.3 cm³/mol. The van der Waals surface area contributed by atoms with E-state index >= 15 is 0 Å². The van der Waals surface area contributed by atoms with Gasteiger partial charge in [0.1, 0.15) is 5.75 Å². The zero-order valence-electron chi connectivity index (χ0n) is 11.9. The molecule has 0 aromatic heterocycles. The third kappa shape index (κ3) is 5.93. The molecule has 0 heterocycles. The molecule has 0 aliphatic rings. The van der Waals surface area contributed by atoms with Gasteiger partial charge in [0.2, 0.25) is 0 Å². The maximum Gasteiger partial charge on any atom is 0.389 e. The van der Waals surface area contributed by atoms with Crippen LogP contribution in [0.3, 0.4) is 0 Å². The van der Waals surface area contributed by atoms with Crippen molar-refractivity contribution < 1.29 is 17.9 Å². The standard InChI is InChI=1S/C14H18Cl2F3NO/c1-3-6-20-12(4-5-14(17,18)19)9-7-11(16)13(21-2)8-10(9)15/h7-8,12,20H,3-6H2,1-2H3. The van der Waals surface area contributed by atoms with E-state index in [0.717, 1.165) is 6.42 Å². The zero-order chi connectivity index (χ0) is 16.0. The average Bonchev–Trinajstić information content (AvgIpc) is 2.40. The number of benzene rings is 1. The van der Waals surface area contributed by atoms with Crippen LogP contribution >= 0.6 is 23.2 Å². The van der Waals surface area contributed by atoms with Gasteiger partial charge in [0.25, 0.3) is 0 Å². The van der Waals surface area contributed by atoms with Crippen molar-refractivity contribution in [3.8, 4) is 5.75 Å². The summed E-state index contributed by atoms with van der Waals surface area (Å²) in [6, 6.07) is 2.59. The molecule has 1 rings (SSSR count). The summed E-state index contributed by atoms with van der Waals surface area (Å²) >= 11 is 12.2. The minimum absolute atomic E-state index is 0.0914. The summed E-state index contributed by atoms with van der Waals surface area (Å²) in [5.74, 6) is 0.399. The highest BCUT2D eigenvalue weighted by molar-refractivity contribution is 6.34. The van der Waals surface area contributed by atoms with Gasteiger partial charge in [-0.05, 0) is 31.0 Å². The van der Waals surface area contributed by atoms with Crippen molar-refractivity contribution in [3.63, 3.8) is 0 Å². The summed E-state index contributed by atoms with van der Waals surface area (Å²) in [7, 11) is 1.45. The minimum Gasteiger partial charge on any atom is -0.495 e. The Balaban J connectivity index is 2.99. The van der Waals surface area contributed by atoms with E-state index in [2.05, 4.69) is 5.32 Å². The van der Waals surface area contributed by atoms with Crippen molar-refractivity contribution in [2.24, 2.45) is 0 Å². The van der Waals surface area contributed by atoms with E-state index in [1.165, 1.54) is 13.2 Å². The number of halogens is 5. The van der Waals surface area contributed by atoms with Crippen LogP contribution in [-0.4, -0.2) is 19.8 Å². The molecule has 0 amide bonds. The Morgan fingerprint density at radius 2 is 1.90 bits per heavy atom. The Morgan fingerprint density at radius 3 is 2.43 bits per heavy atom. The molecule has 0 saturated heterocycles. The lowest BCUT2D eigenvalue weighted by Crippen LogP contribution is -2.24. The van der Waals surface area contributed by atoms with Gasteiger partial charge >= 0.3 is 6.18 Å². The molecule has 21 heavy (non-hydrogen) atoms. The van der Waals surface area contributed by atoms with E-state index in [1.54, 1.807) is 6.07 Å². The van der Waals surface area contributed by atoms with Crippen LogP contribution < -0.4 is 10.1 Å². The van der Waals surface area contributed by atoms with Gasteiger partial charge in [0, 0.05) is 23.6 Å². The molecular weight excluding hydrogens is 326 g/mol. The van der Waals surface area contributed by atoms with Crippen molar-refractivity contribution in [2.75, 3.05) is 13.7 Å². The quantitative estimate of drug-likeness (QED) is 0.717. The molecule has 1 aromatic rings. The number of rotatable bonds is 7. The van der Waals surface area contributed by atoms with Crippen molar-refractivity contribution in [1.29, 1.82) is 0 Å². The van der Waals surface area contributed by atoms with Crippen molar-refractivity contribution in [3.05, 3.63) is 27.7 Å². The van der Waals surface area contributed by atoms with Crippen LogP contribution in [0.1, 0.15) is 37.8 Å². The predicted octanol–water partition coefficient (Wildman–Crippen LogP) is 5.39. The maximum absolute atomic E-state index is 12.4. The molecule has 7 heteroatoms. The smallest absolute Gasteiger partial charge is 0.389 e. The molecule has 0 radical (unpaired) electrons. The van der Waals surface area contributed by atoms with E-state index in [4.69, 9.17) is 27.9 Å². The lowest BCUT2D eigenvalue weighted by Gasteiger charge is -2.22. The van der Waals surface area contributed by atoms with Gasteiger partial charge in [-0.2, -0.15) is 13.2 Å². The average molecular weight is 344 g/mol. The van der Waals surface area contributed by atoms with Gasteiger partial charge in [-0.15, -0.1) is 0 Å². The highest BCUT2D eigenvalue weighted by atomic mass is 35.5. The Hall–Kier alpha value is -0.650. The topological polar surface area (TPSA) is 21.3 Å². The molecule has 1 atom stereocenters. The van der Waals surface area contributed by atoms with Gasteiger partial charge in [-0.25, -0.2) is 0 Å². The minimum atomic E-state index is -4.20. The largest absolute Gasteiger partial charge is 0.495 e. The molecule has 2 nitrogen and oxygen atoms in total. The molecule has 0 saturated carbocycles. The molecule has 1 unspecified atom stereocenters. The lowest BCUT2D eigenvalue weighted by atomic mass is 10.0. The highest BCUT2D eigenvalue weighted by Gasteiger charge is 2.29. The Morgan fingerprint density at radius 1 is 1.24 bits per heavy atom. The summed E-state index contributed by atoms with van der Waals surface area (Å²) in [5.41, 5.74) is 0.556. The van der Waals surface area contributed by atoms with E-state index in [9.17, 15) is 13.2 Å². The van der Waals surface area contributed by atoms with Gasteiger partial charge in [0.15, 0.2) is 0 Å². The summed E-state index contributed by atoms with van der Waals surface area (Å²) in [6.45, 7) is 2.54. The van der Waals surface area contributed by atoms with E-state index in [1.807, 2.05) is 6.92 Å². The first-order chi connectivity index (χ1) is 9.78. The van der Waals surface area contributed by atoms with Crippen LogP contribution in [0.4, 0.5) is 13.2 Å². The molecule has 0 bridgehead atoms. The van der Waals surface area contributed by atoms with Crippen molar-refractivity contribution in [2.45, 2.75) is 38.4 Å². The first-order valence-electron chi connectivity index (χ1n) is 6.61. The third-order valence-corrected chi connectivity index (χ3v) is 3.63. The summed E-state index contributed by atoms with van der Waals surface area (Å²) in [4.78, 5) is 0. The number of alkyl halides is 3. The maximum atomic E-state index is 12.4. The van der Waals surface area contributed by atoms with Crippen LogP contribution in [-0.2, 0) is 0 Å². The Bertz CT molecular complexity index is 466. The number of hydrogen-bond donors (Lipinski definition) is 1. The number of ether oxygens (including phenoxy) is 1. The van der Waals surface area contributed by atoms with Crippen LogP contribution in [0.5, 0.6) is 5.75 Å². The fourth-order valence-electron chi connectivity index (χ4n) is 1.96. The summed E-state index contributed by atoms with van der Waals surface area (Å²) in [6.07, 6.45) is -4.36. The molecule has 1 N–H and O–H groups in total. The normalized spacial score (nSPS) is 13.3. The Labute approximate surface area is 132 Å². The molecule has 0 aliphatic heterocycles. The third-order valence-electron chi connectivity index (χ3n) is 3.00. The molecule has 0 aliphatic carbocycles. The lowest BCUT2D eigenvalue weighted by molar-refractivity contribution is -0.136. The van der Waals surface area contributed by atoms with Crippen molar-refractivity contribution >= 4 is 23.2 Å². The van der Waals surface area contributed by atoms with Crippen molar-refractivity contribution in [1.82, 2.24) is 5.32 Å². The van der Waals surface area contributed by atoms with Crippen LogP contribution in [0.25, 0.3) is 0 Å². The van der Waals surface area contributed by atoms with Gasteiger partial charge in [-0.3, -0.25) is 0 Å². The molecule has 0 spiro atoms. The van der Waals surface area contributed by atoms with Gasteiger partial charge in [-0.1, -0.05) is 30.1 Å². The fraction of sp³-hybridized carbons (Fsp3) is 0.571. The molecule has 0 fully saturated rings. The molecule has 120 valence electrons. The summed E-state index contributed by atoms with van der Waals surface area (Å²) < 4.78 is 42.4. The Kier molecular flexibility index (Phi) is 7.10. The van der Waals surface area contributed by atoms with E-state index in [-0.39, 0.29) is 6.42 Å². The second-order valence-corrected chi connectivity index (χ2v) is 5.48. The van der Waals surface area contributed by atoms with E-state index in [0.29, 0.717) is 27.9 Å². The molecular formula is C14H18Cl2F3NO. The monoisotopic (exact) mass is 343 g/mol. The van der Waals surface area contributed by atoms with Crippen LogP contribution in [0.15, 0.2) is 12.1 Å². The first-order valence-corrected chi connectivity index (χ1v) is 7.37. The number of nitrogens with one attached hydrogen (secondary N) is 1. The number of methoxy groups -OCH3 is 1. The van der Waals surface area contributed by atoms with Gasteiger partial charge < -0.3 is 10.1 Å². The van der Waals surface area contributed by atoms with E-state index < -0.39 is 18.6 Å². The highest BCUT2D eigenvalue weighted by Crippen LogP contribution is 2.36. The van der Waals surface area contributed by atoms with Crippen LogP contribution in [0, 0.1) is 0 Å². The zero-order valence-corrected chi connectivity index (χ0v) is 13.4.